The molecule has 0 radical (unpaired) electrons. The lowest BCUT2D eigenvalue weighted by molar-refractivity contribution is -0.134. The van der Waals surface area contributed by atoms with E-state index in [1.165, 1.54) is 11.1 Å². The molecule has 25 heavy (non-hydrogen) atoms. The molecular weight excluding hydrogens is 312 g/mol. The first-order chi connectivity index (χ1) is 12.0. The van der Waals surface area contributed by atoms with E-state index in [1.807, 2.05) is 18.7 Å². The van der Waals surface area contributed by atoms with Crippen LogP contribution in [0.4, 0.5) is 0 Å². The number of nitrogens with two attached hydrogens (primary N) is 1. The van der Waals surface area contributed by atoms with Crippen LogP contribution in [0.15, 0.2) is 30.3 Å². The minimum absolute atomic E-state index is 0.00212. The average Bonchev–Trinajstić information content (AvgIpc) is 3.16. The zero-order valence-corrected chi connectivity index (χ0v) is 14.7. The number of rotatable bonds is 2. The molecule has 1 spiro atoms. The Morgan fingerprint density at radius 2 is 2.00 bits per heavy atom. The molecule has 1 saturated heterocycles. The zero-order chi connectivity index (χ0) is 17.6. The number of nitrogens with one attached hydrogen (secondary N) is 1. The Morgan fingerprint density at radius 1 is 1.28 bits per heavy atom. The number of likely N-dealkylation sites (tertiary alicyclic amines) is 1. The van der Waals surface area contributed by atoms with Gasteiger partial charge in [0.05, 0.1) is 5.69 Å². The van der Waals surface area contributed by atoms with Gasteiger partial charge in [-0.05, 0) is 37.8 Å². The molecule has 2 aromatic rings. The van der Waals surface area contributed by atoms with Crippen LogP contribution >= 0.6 is 0 Å². The van der Waals surface area contributed by atoms with E-state index in [2.05, 4.69) is 46.6 Å². The van der Waals surface area contributed by atoms with Crippen molar-refractivity contribution in [3.63, 3.8) is 0 Å². The topological polar surface area (TPSA) is 75.0 Å². The number of aromatic nitrogens is 2. The number of carbonyl (C=O) groups excluding carboxylic acids is 1. The number of aryl methyl sites for hydroxylation is 2. The first kappa shape index (κ1) is 16.1. The maximum atomic E-state index is 12.9. The van der Waals surface area contributed by atoms with Gasteiger partial charge in [0.1, 0.15) is 6.04 Å². The molecule has 1 aromatic carbocycles. The van der Waals surface area contributed by atoms with Crippen LogP contribution in [-0.2, 0) is 10.2 Å². The average molecular weight is 336 g/mol. The lowest BCUT2D eigenvalue weighted by atomic mass is 9.74. The molecule has 1 amide bonds. The SMILES string of the molecule is Cc1n[nH]c(C)c1[C@H](N)C(=O)N1CCC2(C=Cc3ccccc32)CC1. The Balaban J connectivity index is 1.50. The number of H-pyrrole nitrogens is 1. The molecular formula is C20H24N4O. The fourth-order valence-corrected chi connectivity index (χ4v) is 4.33. The van der Waals surface area contributed by atoms with Crippen LogP contribution < -0.4 is 5.73 Å². The lowest BCUT2D eigenvalue weighted by Gasteiger charge is -2.40. The van der Waals surface area contributed by atoms with E-state index in [0.29, 0.717) is 0 Å². The number of allylic oxidation sites excluding steroid dienone is 1. The van der Waals surface area contributed by atoms with Crippen molar-refractivity contribution < 1.29 is 4.79 Å². The van der Waals surface area contributed by atoms with E-state index in [4.69, 9.17) is 5.73 Å². The van der Waals surface area contributed by atoms with E-state index in [9.17, 15) is 4.79 Å². The summed E-state index contributed by atoms with van der Waals surface area (Å²) in [4.78, 5) is 14.8. The van der Waals surface area contributed by atoms with Gasteiger partial charge in [0, 0.05) is 29.8 Å². The van der Waals surface area contributed by atoms with Crippen molar-refractivity contribution in [2.75, 3.05) is 13.1 Å². The van der Waals surface area contributed by atoms with Crippen LogP contribution in [0.25, 0.3) is 6.08 Å². The summed E-state index contributed by atoms with van der Waals surface area (Å²) in [7, 11) is 0. The number of carbonyl (C=O) groups is 1. The van der Waals surface area contributed by atoms with Gasteiger partial charge in [0.15, 0.2) is 0 Å². The van der Waals surface area contributed by atoms with Crippen LogP contribution in [0.1, 0.15) is 47.0 Å². The molecule has 0 saturated carbocycles. The molecule has 1 fully saturated rings. The van der Waals surface area contributed by atoms with Crippen molar-refractivity contribution in [2.45, 2.75) is 38.1 Å². The van der Waals surface area contributed by atoms with Gasteiger partial charge in [-0.1, -0.05) is 36.4 Å². The van der Waals surface area contributed by atoms with E-state index in [-0.39, 0.29) is 11.3 Å². The monoisotopic (exact) mass is 336 g/mol. The molecule has 130 valence electrons. The highest BCUT2D eigenvalue weighted by Gasteiger charge is 2.40. The number of hydrogen-bond acceptors (Lipinski definition) is 3. The first-order valence-corrected chi connectivity index (χ1v) is 8.86. The van der Waals surface area contributed by atoms with Gasteiger partial charge in [-0.25, -0.2) is 0 Å². The first-order valence-electron chi connectivity index (χ1n) is 8.86. The molecule has 4 rings (SSSR count). The summed E-state index contributed by atoms with van der Waals surface area (Å²) in [5, 5.41) is 7.08. The van der Waals surface area contributed by atoms with Gasteiger partial charge in [0.25, 0.3) is 0 Å². The number of hydrogen-bond donors (Lipinski definition) is 2. The number of piperidine rings is 1. The van der Waals surface area contributed by atoms with Gasteiger partial charge in [-0.2, -0.15) is 5.10 Å². The molecule has 1 aliphatic carbocycles. The van der Waals surface area contributed by atoms with Crippen LogP contribution in [0.2, 0.25) is 0 Å². The Labute approximate surface area is 147 Å². The number of aromatic amines is 1. The fraction of sp³-hybridized carbons (Fsp3) is 0.400. The van der Waals surface area contributed by atoms with Crippen molar-refractivity contribution >= 4 is 12.0 Å². The second-order valence-electron chi connectivity index (χ2n) is 7.23. The largest absolute Gasteiger partial charge is 0.341 e. The third-order valence-electron chi connectivity index (χ3n) is 5.81. The minimum atomic E-state index is -0.640. The van der Waals surface area contributed by atoms with Crippen LogP contribution in [0, 0.1) is 13.8 Å². The summed E-state index contributed by atoms with van der Waals surface area (Å²) < 4.78 is 0. The van der Waals surface area contributed by atoms with Gasteiger partial charge in [0.2, 0.25) is 5.91 Å². The maximum Gasteiger partial charge on any atom is 0.244 e. The van der Waals surface area contributed by atoms with Crippen LogP contribution in [0.5, 0.6) is 0 Å². The normalized spacial score (nSPS) is 19.2. The van der Waals surface area contributed by atoms with E-state index >= 15 is 0 Å². The van der Waals surface area contributed by atoms with Crippen molar-refractivity contribution in [3.8, 4) is 0 Å². The molecule has 1 aliphatic heterocycles. The third kappa shape index (κ3) is 2.50. The maximum absolute atomic E-state index is 12.9. The Hall–Kier alpha value is -2.40. The molecule has 5 nitrogen and oxygen atoms in total. The molecule has 1 aromatic heterocycles. The molecule has 2 aliphatic rings. The summed E-state index contributed by atoms with van der Waals surface area (Å²) >= 11 is 0. The highest BCUT2D eigenvalue weighted by atomic mass is 16.2. The Morgan fingerprint density at radius 3 is 2.68 bits per heavy atom. The van der Waals surface area contributed by atoms with E-state index in [1.54, 1.807) is 0 Å². The highest BCUT2D eigenvalue weighted by Crippen LogP contribution is 2.43. The number of benzene rings is 1. The quantitative estimate of drug-likeness (QED) is 0.885. The summed E-state index contributed by atoms with van der Waals surface area (Å²) in [5.41, 5.74) is 11.6. The lowest BCUT2D eigenvalue weighted by Crippen LogP contribution is -2.47. The van der Waals surface area contributed by atoms with Gasteiger partial charge < -0.3 is 10.6 Å². The number of nitrogens with zero attached hydrogens (tertiary/aromatic N) is 2. The highest BCUT2D eigenvalue weighted by molar-refractivity contribution is 5.84. The van der Waals surface area contributed by atoms with Crippen LogP contribution in [0.3, 0.4) is 0 Å². The van der Waals surface area contributed by atoms with Gasteiger partial charge >= 0.3 is 0 Å². The molecule has 3 N–H and O–H groups in total. The Bertz CT molecular complexity index is 824. The second kappa shape index (κ2) is 5.85. The van der Waals surface area contributed by atoms with E-state index in [0.717, 1.165) is 42.9 Å². The van der Waals surface area contributed by atoms with Gasteiger partial charge in [-0.3, -0.25) is 9.89 Å². The summed E-state index contributed by atoms with van der Waals surface area (Å²) in [6.45, 7) is 5.27. The van der Waals surface area contributed by atoms with E-state index < -0.39 is 6.04 Å². The minimum Gasteiger partial charge on any atom is -0.341 e. The van der Waals surface area contributed by atoms with Crippen molar-refractivity contribution in [1.82, 2.24) is 15.1 Å². The third-order valence-corrected chi connectivity index (χ3v) is 5.81. The second-order valence-corrected chi connectivity index (χ2v) is 7.23. The number of fused-ring (bicyclic) bond motifs is 2. The molecule has 2 heterocycles. The smallest absolute Gasteiger partial charge is 0.244 e. The molecule has 0 unspecified atom stereocenters. The van der Waals surface area contributed by atoms with Crippen LogP contribution in [-0.4, -0.2) is 34.1 Å². The number of amides is 1. The fourth-order valence-electron chi connectivity index (χ4n) is 4.33. The zero-order valence-electron chi connectivity index (χ0n) is 14.7. The van der Waals surface area contributed by atoms with Crippen molar-refractivity contribution in [3.05, 3.63) is 58.4 Å². The van der Waals surface area contributed by atoms with Crippen molar-refractivity contribution in [2.24, 2.45) is 5.73 Å². The molecule has 0 bridgehead atoms. The molecule has 5 heteroatoms. The predicted octanol–water partition coefficient (Wildman–Crippen LogP) is 2.61. The molecule has 1 atom stereocenters. The Kier molecular flexibility index (Phi) is 3.76. The summed E-state index contributed by atoms with van der Waals surface area (Å²) in [5.74, 6) is -0.00212. The predicted molar refractivity (Wildman–Crippen MR) is 98.0 cm³/mol. The summed E-state index contributed by atoms with van der Waals surface area (Å²) in [6, 6.07) is 7.93. The summed E-state index contributed by atoms with van der Waals surface area (Å²) in [6.07, 6.45) is 6.44. The van der Waals surface area contributed by atoms with Gasteiger partial charge in [-0.15, -0.1) is 0 Å². The standard InChI is InChI=1S/C20H24N4O/c1-13-17(14(2)23-22-13)18(21)19(25)24-11-9-20(10-12-24)8-7-15-5-3-4-6-16(15)20/h3-8,18H,9-12,21H2,1-2H3,(H,22,23)/t18-/m0/s1. The van der Waals surface area contributed by atoms with Crippen molar-refractivity contribution in [1.29, 1.82) is 0 Å².